The molecule has 11 heteroatoms. The third-order valence-electron chi connectivity index (χ3n) is 8.73. The van der Waals surface area contributed by atoms with Gasteiger partial charge in [0.2, 0.25) is 11.8 Å². The van der Waals surface area contributed by atoms with Gasteiger partial charge in [0, 0.05) is 69.9 Å². The molecule has 0 spiro atoms. The summed E-state index contributed by atoms with van der Waals surface area (Å²) < 4.78 is 5.46. The molecule has 1 aromatic heterocycles. The van der Waals surface area contributed by atoms with Crippen molar-refractivity contribution in [2.45, 2.75) is 78.0 Å². The summed E-state index contributed by atoms with van der Waals surface area (Å²) in [5, 5.41) is 3.09. The van der Waals surface area contributed by atoms with Crippen molar-refractivity contribution in [1.82, 2.24) is 29.6 Å². The van der Waals surface area contributed by atoms with E-state index in [4.69, 9.17) is 9.72 Å². The summed E-state index contributed by atoms with van der Waals surface area (Å²) in [5.74, 6) is 0.990. The molecule has 3 aliphatic rings. The summed E-state index contributed by atoms with van der Waals surface area (Å²) in [5.41, 5.74) is 2.11. The maximum atomic E-state index is 13.0. The van der Waals surface area contributed by atoms with Gasteiger partial charge in [-0.1, -0.05) is 0 Å². The number of piperazine rings is 1. The number of nitrogens with one attached hydrogen (secondary N) is 2. The van der Waals surface area contributed by atoms with Crippen LogP contribution < -0.4 is 5.32 Å². The number of fused-ring (bicyclic) bond motifs is 1. The van der Waals surface area contributed by atoms with Gasteiger partial charge in [0.1, 0.15) is 11.4 Å². The second kappa shape index (κ2) is 13.0. The Morgan fingerprint density at radius 2 is 1.74 bits per heavy atom. The second-order valence-corrected chi connectivity index (χ2v) is 13.1. The van der Waals surface area contributed by atoms with Crippen LogP contribution in [0.15, 0.2) is 18.2 Å². The highest BCUT2D eigenvalue weighted by atomic mass is 16.6. The predicted octanol–water partition coefficient (Wildman–Crippen LogP) is 3.67. The van der Waals surface area contributed by atoms with Crippen LogP contribution in [-0.2, 0) is 20.9 Å². The van der Waals surface area contributed by atoms with Crippen molar-refractivity contribution in [3.63, 3.8) is 0 Å². The molecule has 3 aliphatic heterocycles. The number of imidazole rings is 1. The molecule has 4 heterocycles. The molecule has 2 N–H and O–H groups in total. The third kappa shape index (κ3) is 7.80. The normalized spacial score (nSPS) is 21.2. The lowest BCUT2D eigenvalue weighted by Crippen LogP contribution is -2.50. The Kier molecular flexibility index (Phi) is 9.37. The SMILES string of the molecule is C[C@H]1CCCN1Cc1nc2ccc(NC(=O)C3CCN(C(=O)CCN4CCN(C(=O)OC(C)(C)C)CC4)CC3)cc2[nH]1. The molecule has 11 nitrogen and oxygen atoms in total. The van der Waals surface area contributed by atoms with Crippen molar-refractivity contribution >= 4 is 34.6 Å². The number of hydrogen-bond donors (Lipinski definition) is 2. The van der Waals surface area contributed by atoms with Crippen molar-refractivity contribution in [3.05, 3.63) is 24.0 Å². The average Bonchev–Trinajstić information content (AvgIpc) is 3.55. The van der Waals surface area contributed by atoms with Gasteiger partial charge in [0.05, 0.1) is 17.6 Å². The lowest BCUT2D eigenvalue weighted by atomic mass is 9.95. The molecule has 3 amide bonds. The van der Waals surface area contributed by atoms with Gasteiger partial charge in [-0.2, -0.15) is 0 Å². The summed E-state index contributed by atoms with van der Waals surface area (Å²) in [7, 11) is 0. The number of hydrogen-bond acceptors (Lipinski definition) is 7. The molecule has 0 saturated carbocycles. The average molecular weight is 582 g/mol. The van der Waals surface area contributed by atoms with Gasteiger partial charge in [-0.05, 0) is 78.1 Å². The van der Waals surface area contributed by atoms with E-state index in [1.807, 2.05) is 43.9 Å². The largest absolute Gasteiger partial charge is 0.444 e. The number of piperidine rings is 1. The number of anilines is 1. The summed E-state index contributed by atoms with van der Waals surface area (Å²) in [4.78, 5) is 54.7. The molecular weight excluding hydrogens is 534 g/mol. The van der Waals surface area contributed by atoms with Crippen LogP contribution in [0.4, 0.5) is 10.5 Å². The standard InChI is InChI=1S/C31H47N7O4/c1-22-6-5-12-38(22)21-27-33-25-8-7-24(20-26(25)34-27)32-29(40)23-9-14-36(15-10-23)28(39)11-13-35-16-18-37(19-17-35)30(41)42-31(2,3)4/h7-8,20,22-23H,5-6,9-19,21H2,1-4H3,(H,32,40)(H,33,34)/t22-/m0/s1. The Morgan fingerprint density at radius 1 is 1.00 bits per heavy atom. The summed E-state index contributed by atoms with van der Waals surface area (Å²) >= 11 is 0. The molecule has 3 fully saturated rings. The van der Waals surface area contributed by atoms with Gasteiger partial charge in [-0.3, -0.25) is 19.4 Å². The molecule has 3 saturated heterocycles. The monoisotopic (exact) mass is 581 g/mol. The summed E-state index contributed by atoms with van der Waals surface area (Å²) in [6, 6.07) is 6.42. The van der Waals surface area contributed by atoms with Crippen molar-refractivity contribution in [2.24, 2.45) is 5.92 Å². The third-order valence-corrected chi connectivity index (χ3v) is 8.73. The molecule has 5 rings (SSSR count). The first kappa shape index (κ1) is 30.3. The molecular formula is C31H47N7O4. The maximum Gasteiger partial charge on any atom is 0.410 e. The number of H-pyrrole nitrogens is 1. The lowest BCUT2D eigenvalue weighted by Gasteiger charge is -2.36. The minimum atomic E-state index is -0.501. The smallest absolute Gasteiger partial charge is 0.410 e. The van der Waals surface area contributed by atoms with Crippen LogP contribution in [0.25, 0.3) is 11.0 Å². The van der Waals surface area contributed by atoms with Crippen molar-refractivity contribution in [1.29, 1.82) is 0 Å². The van der Waals surface area contributed by atoms with Crippen molar-refractivity contribution < 1.29 is 19.1 Å². The molecule has 1 aromatic carbocycles. The number of nitrogens with zero attached hydrogens (tertiary/aromatic N) is 5. The number of likely N-dealkylation sites (tertiary alicyclic amines) is 2. The van der Waals surface area contributed by atoms with E-state index in [-0.39, 0.29) is 23.8 Å². The quantitative estimate of drug-likeness (QED) is 0.513. The van der Waals surface area contributed by atoms with E-state index >= 15 is 0 Å². The Labute approximate surface area is 248 Å². The van der Waals surface area contributed by atoms with E-state index < -0.39 is 5.60 Å². The molecule has 0 unspecified atom stereocenters. The Balaban J connectivity index is 1.02. The van der Waals surface area contributed by atoms with Crippen LogP contribution >= 0.6 is 0 Å². The number of ether oxygens (including phenoxy) is 1. The van der Waals surface area contributed by atoms with E-state index in [0.29, 0.717) is 58.0 Å². The predicted molar refractivity (Wildman–Crippen MR) is 162 cm³/mol. The minimum Gasteiger partial charge on any atom is -0.444 e. The van der Waals surface area contributed by atoms with E-state index in [0.717, 1.165) is 48.7 Å². The number of carbonyl (C=O) groups is 3. The number of aromatic amines is 1. The van der Waals surface area contributed by atoms with Crippen LogP contribution in [0.5, 0.6) is 0 Å². The summed E-state index contributed by atoms with van der Waals surface area (Å²) in [6.45, 7) is 14.4. The Morgan fingerprint density at radius 3 is 2.40 bits per heavy atom. The van der Waals surface area contributed by atoms with Crippen LogP contribution in [0.3, 0.4) is 0 Å². The number of aromatic nitrogens is 2. The first-order chi connectivity index (χ1) is 20.0. The first-order valence-corrected chi connectivity index (χ1v) is 15.6. The van der Waals surface area contributed by atoms with E-state index in [2.05, 4.69) is 27.0 Å². The van der Waals surface area contributed by atoms with E-state index in [9.17, 15) is 14.4 Å². The molecule has 0 aliphatic carbocycles. The highest BCUT2D eigenvalue weighted by Crippen LogP contribution is 2.24. The molecule has 42 heavy (non-hydrogen) atoms. The van der Waals surface area contributed by atoms with E-state index in [1.54, 1.807) is 4.90 Å². The highest BCUT2D eigenvalue weighted by Gasteiger charge is 2.29. The Hall–Kier alpha value is -3.18. The molecule has 0 radical (unpaired) electrons. The van der Waals surface area contributed by atoms with Gasteiger partial charge < -0.3 is 24.8 Å². The zero-order chi connectivity index (χ0) is 29.9. The lowest BCUT2D eigenvalue weighted by molar-refractivity contribution is -0.134. The molecule has 2 aromatic rings. The van der Waals surface area contributed by atoms with Crippen molar-refractivity contribution in [3.8, 4) is 0 Å². The van der Waals surface area contributed by atoms with Gasteiger partial charge in [0.25, 0.3) is 0 Å². The van der Waals surface area contributed by atoms with Gasteiger partial charge in [0.15, 0.2) is 0 Å². The molecule has 0 bridgehead atoms. The fraction of sp³-hybridized carbons (Fsp3) is 0.677. The Bertz CT molecular complexity index is 1260. The van der Waals surface area contributed by atoms with Crippen LogP contribution in [0.2, 0.25) is 0 Å². The van der Waals surface area contributed by atoms with Gasteiger partial charge >= 0.3 is 6.09 Å². The fourth-order valence-electron chi connectivity index (χ4n) is 6.16. The van der Waals surface area contributed by atoms with Gasteiger partial charge in [-0.25, -0.2) is 9.78 Å². The highest BCUT2D eigenvalue weighted by molar-refractivity contribution is 5.94. The van der Waals surface area contributed by atoms with Crippen LogP contribution in [0, 0.1) is 5.92 Å². The van der Waals surface area contributed by atoms with Crippen molar-refractivity contribution in [2.75, 3.05) is 57.7 Å². The number of rotatable bonds is 7. The topological polar surface area (TPSA) is 114 Å². The fourth-order valence-corrected chi connectivity index (χ4v) is 6.16. The van der Waals surface area contributed by atoms with E-state index in [1.165, 1.54) is 12.8 Å². The van der Waals surface area contributed by atoms with Crippen LogP contribution in [-0.4, -0.2) is 111 Å². The minimum absolute atomic E-state index is 0.00920. The maximum absolute atomic E-state index is 13.0. The van der Waals surface area contributed by atoms with Crippen LogP contribution in [0.1, 0.15) is 65.6 Å². The number of carbonyl (C=O) groups excluding carboxylic acids is 3. The number of amides is 3. The first-order valence-electron chi connectivity index (χ1n) is 15.6. The zero-order valence-corrected chi connectivity index (χ0v) is 25.7. The second-order valence-electron chi connectivity index (χ2n) is 13.1. The van der Waals surface area contributed by atoms with Gasteiger partial charge in [-0.15, -0.1) is 0 Å². The molecule has 230 valence electrons. The number of benzene rings is 1. The zero-order valence-electron chi connectivity index (χ0n) is 25.7. The summed E-state index contributed by atoms with van der Waals surface area (Å²) in [6.07, 6.45) is 3.98. The molecule has 1 atom stereocenters.